The highest BCUT2D eigenvalue weighted by atomic mass is 32.2. The van der Waals surface area contributed by atoms with Gasteiger partial charge in [0.1, 0.15) is 10.9 Å². The van der Waals surface area contributed by atoms with Gasteiger partial charge >= 0.3 is 11.9 Å². The minimum atomic E-state index is -1.09. The Kier molecular flexibility index (Phi) is 8.35. The molecule has 0 aromatic heterocycles. The van der Waals surface area contributed by atoms with Crippen LogP contribution in [0.5, 0.6) is 0 Å². The average Bonchev–Trinajstić information content (AvgIpc) is 3.56. The van der Waals surface area contributed by atoms with E-state index >= 15 is 0 Å². The first-order chi connectivity index (χ1) is 18.7. The van der Waals surface area contributed by atoms with Crippen molar-refractivity contribution in [3.05, 3.63) is 58.5 Å². The summed E-state index contributed by atoms with van der Waals surface area (Å²) in [7, 11) is 0. The van der Waals surface area contributed by atoms with Crippen molar-refractivity contribution in [2.75, 3.05) is 17.2 Å². The normalized spacial score (nSPS) is 21.9. The number of anilines is 2. The number of hydrogen-bond donors (Lipinski definition) is 2. The van der Waals surface area contributed by atoms with Crippen molar-refractivity contribution in [1.82, 2.24) is 4.90 Å². The van der Waals surface area contributed by atoms with Crippen LogP contribution in [0.1, 0.15) is 56.1 Å². The molecule has 2 N–H and O–H groups in total. The summed E-state index contributed by atoms with van der Waals surface area (Å²) < 4.78 is 0.272. The number of carbonyl (C=O) groups excluding carboxylic acids is 1. The van der Waals surface area contributed by atoms with E-state index in [9.17, 15) is 14.4 Å². The number of benzene rings is 2. The molecule has 3 atom stereocenters. The van der Waals surface area contributed by atoms with Crippen molar-refractivity contribution < 1.29 is 24.6 Å². The fourth-order valence-corrected chi connectivity index (χ4v) is 7.76. The Balaban J connectivity index is 1.31. The third-order valence-electron chi connectivity index (χ3n) is 7.57. The van der Waals surface area contributed by atoms with Crippen LogP contribution in [0, 0.1) is 5.92 Å². The molecular weight excluding hydrogens is 553 g/mol. The summed E-state index contributed by atoms with van der Waals surface area (Å²) in [5.74, 6) is -1.16. The lowest BCUT2D eigenvalue weighted by Crippen LogP contribution is -2.33. The van der Waals surface area contributed by atoms with E-state index in [1.807, 2.05) is 12.1 Å². The number of carbonyl (C=O) groups is 3. The molecule has 3 unspecified atom stereocenters. The Hall–Kier alpha value is -2.82. The van der Waals surface area contributed by atoms with Gasteiger partial charge in [0.2, 0.25) is 0 Å². The van der Waals surface area contributed by atoms with E-state index in [1.165, 1.54) is 22.6 Å². The maximum Gasteiger partial charge on any atom is 0.323 e. The zero-order valence-electron chi connectivity index (χ0n) is 21.5. The molecule has 1 amide bonds. The molecule has 0 spiro atoms. The SMILES string of the molecule is CC(CCCSc1ccc(N2c3ccc(/C=C4\SC(=S)N(CC(=O)O)C4=O)cc3C3CCCC32)cc1)C(=O)O. The first-order valence-electron chi connectivity index (χ1n) is 13.1. The number of rotatable bonds is 10. The fourth-order valence-electron chi connectivity index (χ4n) is 5.63. The van der Waals surface area contributed by atoms with Gasteiger partial charge in [0.05, 0.1) is 10.8 Å². The number of aliphatic carboxylic acids is 2. The number of hydrogen-bond acceptors (Lipinski definition) is 7. The maximum absolute atomic E-state index is 12.7. The van der Waals surface area contributed by atoms with Crippen molar-refractivity contribution in [3.8, 4) is 0 Å². The van der Waals surface area contributed by atoms with Crippen molar-refractivity contribution >= 4 is 75.4 Å². The Morgan fingerprint density at radius 1 is 1.18 bits per heavy atom. The summed E-state index contributed by atoms with van der Waals surface area (Å²) >= 11 is 8.14. The third-order valence-corrected chi connectivity index (χ3v) is 10.0. The van der Waals surface area contributed by atoms with E-state index < -0.39 is 18.5 Å². The van der Waals surface area contributed by atoms with E-state index in [2.05, 4.69) is 41.3 Å². The largest absolute Gasteiger partial charge is 0.481 e. The van der Waals surface area contributed by atoms with Crippen LogP contribution >= 0.6 is 35.7 Å². The Labute approximate surface area is 241 Å². The molecule has 2 heterocycles. The molecule has 7 nitrogen and oxygen atoms in total. The molecule has 1 aliphatic carbocycles. The van der Waals surface area contributed by atoms with Crippen molar-refractivity contribution in [1.29, 1.82) is 0 Å². The van der Waals surface area contributed by atoms with Crippen LogP contribution in [0.2, 0.25) is 0 Å². The van der Waals surface area contributed by atoms with E-state index in [1.54, 1.807) is 18.7 Å². The lowest BCUT2D eigenvalue weighted by Gasteiger charge is -2.27. The Morgan fingerprint density at radius 2 is 1.95 bits per heavy atom. The van der Waals surface area contributed by atoms with Gasteiger partial charge in [-0.15, -0.1) is 11.8 Å². The Bertz CT molecular complexity index is 1340. The summed E-state index contributed by atoms with van der Waals surface area (Å²) in [5, 5.41) is 18.1. The van der Waals surface area contributed by atoms with Crippen LogP contribution in [0.3, 0.4) is 0 Å². The predicted molar refractivity (Wildman–Crippen MR) is 160 cm³/mol. The van der Waals surface area contributed by atoms with E-state index in [4.69, 9.17) is 22.4 Å². The first-order valence-corrected chi connectivity index (χ1v) is 15.3. The summed E-state index contributed by atoms with van der Waals surface area (Å²) in [4.78, 5) is 40.1. The standard InChI is InChI=1S/C29H30N2O5S3/c1-17(28(35)36)4-3-13-38-20-10-8-19(9-11-20)31-23-6-2-5-21(23)22-14-18(7-12-24(22)31)15-25-27(34)30(16-26(32)33)29(37)39-25/h7-12,14-15,17,21,23H,2-6,13,16H2,1H3,(H,32,33)(H,35,36)/b25-15-. The molecule has 2 aromatic rings. The van der Waals surface area contributed by atoms with Crippen molar-refractivity contribution in [3.63, 3.8) is 0 Å². The van der Waals surface area contributed by atoms with Crippen LogP contribution in [0.15, 0.2) is 52.3 Å². The number of thiocarbonyl (C=S) groups is 1. The minimum absolute atomic E-state index is 0.272. The number of thioether (sulfide) groups is 2. The number of carboxylic acid groups (broad SMARTS) is 2. The summed E-state index contributed by atoms with van der Waals surface area (Å²) in [5.41, 5.74) is 4.57. The molecule has 1 saturated carbocycles. The molecule has 5 rings (SSSR count). The maximum atomic E-state index is 12.7. The van der Waals surface area contributed by atoms with Gasteiger partial charge < -0.3 is 15.1 Å². The summed E-state index contributed by atoms with van der Waals surface area (Å²) in [6.07, 6.45) is 6.80. The van der Waals surface area contributed by atoms with E-state index in [0.717, 1.165) is 52.9 Å². The second-order valence-electron chi connectivity index (χ2n) is 10.2. The average molecular weight is 583 g/mol. The van der Waals surface area contributed by atoms with E-state index in [0.29, 0.717) is 23.3 Å². The number of amides is 1. The second kappa shape index (κ2) is 11.7. The minimum Gasteiger partial charge on any atom is -0.481 e. The van der Waals surface area contributed by atoms with Gasteiger partial charge in [0.25, 0.3) is 5.91 Å². The molecule has 10 heteroatoms. The number of carboxylic acids is 2. The zero-order chi connectivity index (χ0) is 27.7. The van der Waals surface area contributed by atoms with Crippen LogP contribution in [0.4, 0.5) is 11.4 Å². The molecule has 2 fully saturated rings. The second-order valence-corrected chi connectivity index (χ2v) is 13.0. The van der Waals surface area contributed by atoms with Gasteiger partial charge in [-0.05, 0) is 85.0 Å². The fraction of sp³-hybridized carbons (Fsp3) is 0.379. The molecular formula is C29H30N2O5S3. The Morgan fingerprint density at radius 3 is 2.67 bits per heavy atom. The molecule has 2 aliphatic heterocycles. The summed E-state index contributed by atoms with van der Waals surface area (Å²) in [6, 6.07) is 15.4. The molecule has 3 aliphatic rings. The lowest BCUT2D eigenvalue weighted by molar-refractivity contribution is -0.141. The molecule has 39 heavy (non-hydrogen) atoms. The molecule has 0 radical (unpaired) electrons. The first kappa shape index (κ1) is 27.7. The highest BCUT2D eigenvalue weighted by molar-refractivity contribution is 8.26. The molecule has 0 bridgehead atoms. The van der Waals surface area contributed by atoms with Crippen LogP contribution in [0.25, 0.3) is 6.08 Å². The van der Waals surface area contributed by atoms with Crippen molar-refractivity contribution in [2.24, 2.45) is 5.92 Å². The van der Waals surface area contributed by atoms with Gasteiger partial charge in [-0.3, -0.25) is 19.3 Å². The third kappa shape index (κ3) is 5.88. The van der Waals surface area contributed by atoms with Crippen LogP contribution in [-0.2, 0) is 14.4 Å². The molecule has 1 saturated heterocycles. The van der Waals surface area contributed by atoms with Crippen LogP contribution in [-0.4, -0.2) is 55.6 Å². The van der Waals surface area contributed by atoms with Crippen molar-refractivity contribution in [2.45, 2.75) is 55.9 Å². The number of fused-ring (bicyclic) bond motifs is 3. The quantitative estimate of drug-likeness (QED) is 0.144. The van der Waals surface area contributed by atoms with Gasteiger partial charge in [-0.2, -0.15) is 0 Å². The highest BCUT2D eigenvalue weighted by Gasteiger charge is 2.42. The molecule has 204 valence electrons. The number of nitrogens with zero attached hydrogens (tertiary/aromatic N) is 2. The topological polar surface area (TPSA) is 98.2 Å². The van der Waals surface area contributed by atoms with Gasteiger partial charge in [-0.25, -0.2) is 0 Å². The molecule has 2 aromatic carbocycles. The predicted octanol–water partition coefficient (Wildman–Crippen LogP) is 6.35. The smallest absolute Gasteiger partial charge is 0.323 e. The lowest BCUT2D eigenvalue weighted by atomic mass is 9.96. The summed E-state index contributed by atoms with van der Waals surface area (Å²) in [6.45, 7) is 1.33. The monoisotopic (exact) mass is 582 g/mol. The van der Waals surface area contributed by atoms with E-state index in [-0.39, 0.29) is 16.1 Å². The van der Waals surface area contributed by atoms with Gasteiger partial charge in [0.15, 0.2) is 0 Å². The van der Waals surface area contributed by atoms with Gasteiger partial charge in [0, 0.05) is 28.2 Å². The zero-order valence-corrected chi connectivity index (χ0v) is 24.0. The van der Waals surface area contributed by atoms with Crippen LogP contribution < -0.4 is 4.90 Å². The van der Waals surface area contributed by atoms with Gasteiger partial charge in [-0.1, -0.05) is 43.4 Å². The highest BCUT2D eigenvalue weighted by Crippen LogP contribution is 2.52.